The van der Waals surface area contributed by atoms with E-state index in [1.54, 1.807) is 0 Å². The van der Waals surface area contributed by atoms with Gasteiger partial charge in [0.2, 0.25) is 0 Å². The summed E-state index contributed by atoms with van der Waals surface area (Å²) in [5.74, 6) is 1.95. The number of phenolic OH excluding ortho intramolecular Hbond substituents is 1. The fourth-order valence-electron chi connectivity index (χ4n) is 6.29. The summed E-state index contributed by atoms with van der Waals surface area (Å²) < 4.78 is 12.8. The van der Waals surface area contributed by atoms with Crippen LogP contribution in [0.25, 0.3) is 22.3 Å². The Hall–Kier alpha value is -3.47. The van der Waals surface area contributed by atoms with E-state index in [-0.39, 0.29) is 23.5 Å². The van der Waals surface area contributed by atoms with E-state index in [9.17, 15) is 15.0 Å². The molecule has 39 heavy (non-hydrogen) atoms. The first kappa shape index (κ1) is 27.1. The van der Waals surface area contributed by atoms with Gasteiger partial charge in [-0.1, -0.05) is 57.9 Å². The summed E-state index contributed by atoms with van der Waals surface area (Å²) >= 11 is 0. The van der Waals surface area contributed by atoms with Crippen molar-refractivity contribution in [1.82, 2.24) is 0 Å². The van der Waals surface area contributed by atoms with Gasteiger partial charge < -0.3 is 19.7 Å². The highest BCUT2D eigenvalue weighted by Gasteiger charge is 2.29. The third kappa shape index (κ3) is 6.08. The predicted octanol–water partition coefficient (Wildman–Crippen LogP) is 8.59. The minimum atomic E-state index is -1.05. The molecule has 2 saturated carbocycles. The molecule has 5 atom stereocenters. The second-order valence-corrected chi connectivity index (χ2v) is 11.6. The molecule has 0 bridgehead atoms. The number of phenols is 1. The van der Waals surface area contributed by atoms with E-state index in [0.717, 1.165) is 43.6 Å². The Morgan fingerprint density at radius 3 is 1.85 bits per heavy atom. The van der Waals surface area contributed by atoms with Crippen molar-refractivity contribution in [3.8, 4) is 39.5 Å². The van der Waals surface area contributed by atoms with Crippen molar-refractivity contribution in [2.75, 3.05) is 0 Å². The van der Waals surface area contributed by atoms with Gasteiger partial charge in [0.25, 0.3) is 0 Å². The summed E-state index contributed by atoms with van der Waals surface area (Å²) in [6.07, 6.45) is 8.27. The van der Waals surface area contributed by atoms with Crippen LogP contribution in [0.2, 0.25) is 0 Å². The summed E-state index contributed by atoms with van der Waals surface area (Å²) in [5.41, 5.74) is 2.46. The molecule has 0 heterocycles. The lowest BCUT2D eigenvalue weighted by Gasteiger charge is -2.34. The summed E-state index contributed by atoms with van der Waals surface area (Å²) in [5, 5.41) is 21.1. The lowest BCUT2D eigenvalue weighted by atomic mass is 9.79. The van der Waals surface area contributed by atoms with E-state index in [0.29, 0.717) is 40.0 Å². The molecule has 2 N–H and O–H groups in total. The Balaban J connectivity index is 1.49. The zero-order chi connectivity index (χ0) is 27.5. The van der Waals surface area contributed by atoms with E-state index in [2.05, 4.69) is 20.8 Å². The molecule has 3 aromatic carbocycles. The van der Waals surface area contributed by atoms with Crippen molar-refractivity contribution in [3.05, 3.63) is 66.2 Å². The summed E-state index contributed by atoms with van der Waals surface area (Å²) in [6, 6.07) is 18.2. The van der Waals surface area contributed by atoms with Crippen LogP contribution < -0.4 is 9.47 Å². The summed E-state index contributed by atoms with van der Waals surface area (Å²) in [4.78, 5) is 12.7. The number of carboxylic acid groups (broad SMARTS) is 1. The first-order valence-electron chi connectivity index (χ1n) is 14.4. The van der Waals surface area contributed by atoms with Crippen LogP contribution in [0.15, 0.2) is 60.7 Å². The molecule has 0 spiro atoms. The Kier molecular flexibility index (Phi) is 8.15. The van der Waals surface area contributed by atoms with E-state index < -0.39 is 5.97 Å². The monoisotopic (exact) mass is 528 g/mol. The van der Waals surface area contributed by atoms with Gasteiger partial charge in [-0.05, 0) is 97.4 Å². The molecule has 0 amide bonds. The number of carboxylic acids is 1. The number of carbonyl (C=O) groups is 1. The minimum absolute atomic E-state index is 0.0123. The Morgan fingerprint density at radius 1 is 0.718 bits per heavy atom. The highest BCUT2D eigenvalue weighted by atomic mass is 16.5. The van der Waals surface area contributed by atoms with E-state index in [1.165, 1.54) is 25.0 Å². The van der Waals surface area contributed by atoms with Gasteiger partial charge in [-0.15, -0.1) is 0 Å². The van der Waals surface area contributed by atoms with Gasteiger partial charge in [-0.25, -0.2) is 4.79 Å². The molecule has 2 fully saturated rings. The molecular weight excluding hydrogens is 488 g/mol. The van der Waals surface area contributed by atoms with Gasteiger partial charge >= 0.3 is 5.97 Å². The molecular formula is C34H40O5. The average Bonchev–Trinajstić information content (AvgIpc) is 2.92. The van der Waals surface area contributed by atoms with Gasteiger partial charge in [0.15, 0.2) is 0 Å². The molecule has 5 rings (SSSR count). The molecule has 2 aliphatic rings. The Labute approximate surface area is 231 Å². The molecule has 0 aromatic heterocycles. The number of rotatable bonds is 7. The SMILES string of the molecule is CC1CCCCC1Oc1cccc(-c2cc(O)cc(-c3cccc(OC4CCCC(C)C4C)c3)c2C(=O)O)c1. The van der Waals surface area contributed by atoms with Crippen molar-refractivity contribution < 1.29 is 24.5 Å². The normalized spacial score (nSPS) is 25.2. The minimum Gasteiger partial charge on any atom is -0.508 e. The number of benzene rings is 3. The molecule has 5 heteroatoms. The van der Waals surface area contributed by atoms with E-state index in [1.807, 2.05) is 48.5 Å². The van der Waals surface area contributed by atoms with Crippen molar-refractivity contribution in [1.29, 1.82) is 0 Å². The maximum absolute atomic E-state index is 12.7. The molecule has 0 saturated heterocycles. The third-order valence-electron chi connectivity index (χ3n) is 8.87. The van der Waals surface area contributed by atoms with Crippen molar-refractivity contribution in [3.63, 3.8) is 0 Å². The largest absolute Gasteiger partial charge is 0.508 e. The number of ether oxygens (including phenoxy) is 2. The highest BCUT2D eigenvalue weighted by molar-refractivity contribution is 6.03. The fraction of sp³-hybridized carbons (Fsp3) is 0.441. The number of hydrogen-bond acceptors (Lipinski definition) is 4. The first-order valence-corrected chi connectivity index (χ1v) is 14.4. The molecule has 2 aliphatic carbocycles. The van der Waals surface area contributed by atoms with Crippen LogP contribution in [0.3, 0.4) is 0 Å². The van der Waals surface area contributed by atoms with Crippen LogP contribution in [0.4, 0.5) is 0 Å². The van der Waals surface area contributed by atoms with Crippen molar-refractivity contribution >= 4 is 5.97 Å². The third-order valence-corrected chi connectivity index (χ3v) is 8.87. The van der Waals surface area contributed by atoms with Crippen LogP contribution in [-0.4, -0.2) is 28.4 Å². The lowest BCUT2D eigenvalue weighted by Crippen LogP contribution is -2.33. The second-order valence-electron chi connectivity index (χ2n) is 11.6. The fourth-order valence-corrected chi connectivity index (χ4v) is 6.29. The van der Waals surface area contributed by atoms with E-state index >= 15 is 0 Å². The maximum Gasteiger partial charge on any atom is 0.336 e. The summed E-state index contributed by atoms with van der Waals surface area (Å²) in [7, 11) is 0. The van der Waals surface area contributed by atoms with Gasteiger partial charge in [0.1, 0.15) is 29.5 Å². The number of aromatic hydroxyl groups is 1. The predicted molar refractivity (Wildman–Crippen MR) is 155 cm³/mol. The van der Waals surface area contributed by atoms with Crippen molar-refractivity contribution in [2.24, 2.45) is 17.8 Å². The second kappa shape index (κ2) is 11.7. The van der Waals surface area contributed by atoms with Gasteiger partial charge in [-0.3, -0.25) is 0 Å². The number of hydrogen-bond donors (Lipinski definition) is 2. The van der Waals surface area contributed by atoms with E-state index in [4.69, 9.17) is 9.47 Å². The highest BCUT2D eigenvalue weighted by Crippen LogP contribution is 2.40. The molecule has 5 nitrogen and oxygen atoms in total. The first-order chi connectivity index (χ1) is 18.8. The smallest absolute Gasteiger partial charge is 0.336 e. The van der Waals surface area contributed by atoms with Gasteiger partial charge in [0.05, 0.1) is 5.56 Å². The van der Waals surface area contributed by atoms with Crippen LogP contribution in [0.5, 0.6) is 17.2 Å². The van der Waals surface area contributed by atoms with Gasteiger partial charge in [0, 0.05) is 11.1 Å². The molecule has 0 aliphatic heterocycles. The lowest BCUT2D eigenvalue weighted by molar-refractivity contribution is 0.0690. The van der Waals surface area contributed by atoms with Crippen LogP contribution in [0, 0.1) is 17.8 Å². The molecule has 3 aromatic rings. The summed E-state index contributed by atoms with van der Waals surface area (Å²) in [6.45, 7) is 6.75. The Morgan fingerprint density at radius 2 is 1.26 bits per heavy atom. The van der Waals surface area contributed by atoms with Crippen LogP contribution >= 0.6 is 0 Å². The molecule has 0 radical (unpaired) electrons. The van der Waals surface area contributed by atoms with Crippen LogP contribution in [0.1, 0.15) is 76.1 Å². The van der Waals surface area contributed by atoms with Crippen molar-refractivity contribution in [2.45, 2.75) is 77.9 Å². The van der Waals surface area contributed by atoms with Gasteiger partial charge in [-0.2, -0.15) is 0 Å². The topological polar surface area (TPSA) is 76.0 Å². The number of aromatic carboxylic acids is 1. The van der Waals surface area contributed by atoms with Crippen LogP contribution in [-0.2, 0) is 0 Å². The quantitative estimate of drug-likeness (QED) is 0.321. The zero-order valence-electron chi connectivity index (χ0n) is 23.2. The zero-order valence-corrected chi connectivity index (χ0v) is 23.2. The maximum atomic E-state index is 12.7. The average molecular weight is 529 g/mol. The molecule has 206 valence electrons. The standard InChI is InChI=1S/C34H40O5/c1-21-10-6-16-32(23(21)3)39-28-14-8-12-25(18-28)30-20-26(35)19-29(33(30)34(36)37)24-11-7-13-27(17-24)38-31-15-5-4-9-22(31)2/h7-8,11-14,17-23,31-32,35H,4-6,9-10,15-16H2,1-3H3,(H,36,37). The molecule has 5 unspecified atom stereocenters. The Bertz CT molecular complexity index is 1310.